The summed E-state index contributed by atoms with van der Waals surface area (Å²) in [6, 6.07) is 3.44. The molecule has 1 aromatic rings. The van der Waals surface area contributed by atoms with E-state index in [2.05, 4.69) is 16.8 Å². The van der Waals surface area contributed by atoms with Crippen molar-refractivity contribution in [3.63, 3.8) is 0 Å². The van der Waals surface area contributed by atoms with Gasteiger partial charge in [-0.25, -0.2) is 4.98 Å². The number of aromatic nitrogens is 1. The molecule has 19 heavy (non-hydrogen) atoms. The highest BCUT2D eigenvalue weighted by Crippen LogP contribution is 2.17. The molecular weight excluding hydrogens is 242 g/mol. The Bertz CT molecular complexity index is 502. The van der Waals surface area contributed by atoms with Crippen LogP contribution in [0.2, 0.25) is 0 Å². The number of carbonyl (C=O) groups excluding carboxylic acids is 1. The molecule has 2 heterocycles. The third-order valence-corrected chi connectivity index (χ3v) is 3.15. The first kappa shape index (κ1) is 13.5. The molecule has 1 aliphatic heterocycles. The minimum atomic E-state index is -0.0886. The van der Waals surface area contributed by atoms with Crippen molar-refractivity contribution in [3.8, 4) is 11.8 Å². The largest absolute Gasteiger partial charge is 0.396 e. The Morgan fingerprint density at radius 1 is 1.58 bits per heavy atom. The minimum absolute atomic E-state index is 0.0886. The Morgan fingerprint density at radius 2 is 2.42 bits per heavy atom. The van der Waals surface area contributed by atoms with Gasteiger partial charge in [-0.1, -0.05) is 11.8 Å². The molecule has 100 valence electrons. The Morgan fingerprint density at radius 3 is 3.00 bits per heavy atom. The van der Waals surface area contributed by atoms with Crippen molar-refractivity contribution in [1.82, 2.24) is 9.88 Å². The van der Waals surface area contributed by atoms with Gasteiger partial charge >= 0.3 is 0 Å². The number of hydrogen-bond donors (Lipinski definition) is 2. The monoisotopic (exact) mass is 259 g/mol. The van der Waals surface area contributed by atoms with E-state index in [4.69, 9.17) is 10.8 Å². The van der Waals surface area contributed by atoms with E-state index in [0.29, 0.717) is 25.3 Å². The van der Waals surface area contributed by atoms with Crippen LogP contribution >= 0.6 is 0 Å². The topological polar surface area (TPSA) is 79.5 Å². The van der Waals surface area contributed by atoms with Crippen LogP contribution in [0.5, 0.6) is 0 Å². The van der Waals surface area contributed by atoms with E-state index in [-0.39, 0.29) is 18.4 Å². The third kappa shape index (κ3) is 3.31. The summed E-state index contributed by atoms with van der Waals surface area (Å²) in [4.78, 5) is 18.0. The van der Waals surface area contributed by atoms with Crippen LogP contribution in [0.3, 0.4) is 0 Å². The average molecular weight is 259 g/mol. The molecule has 0 aromatic carbocycles. The zero-order valence-electron chi connectivity index (χ0n) is 10.7. The molecule has 5 heteroatoms. The molecule has 0 saturated carbocycles. The first-order valence-corrected chi connectivity index (χ1v) is 6.29. The van der Waals surface area contributed by atoms with Crippen LogP contribution in [0.1, 0.15) is 22.5 Å². The lowest BCUT2D eigenvalue weighted by molar-refractivity contribution is 0.0776. The summed E-state index contributed by atoms with van der Waals surface area (Å²) in [5.74, 6) is 5.70. The maximum absolute atomic E-state index is 12.2. The summed E-state index contributed by atoms with van der Waals surface area (Å²) >= 11 is 0. The normalized spacial score (nSPS) is 18.0. The molecule has 1 saturated heterocycles. The molecule has 1 aromatic heterocycles. The lowest BCUT2D eigenvalue weighted by Crippen LogP contribution is -2.29. The zero-order chi connectivity index (χ0) is 13.7. The predicted octanol–water partition coefficient (Wildman–Crippen LogP) is -0.154. The van der Waals surface area contributed by atoms with Crippen molar-refractivity contribution in [2.24, 2.45) is 11.7 Å². The first-order valence-electron chi connectivity index (χ1n) is 6.29. The lowest BCUT2D eigenvalue weighted by atomic mass is 10.1. The van der Waals surface area contributed by atoms with Crippen molar-refractivity contribution in [2.75, 3.05) is 26.2 Å². The quantitative estimate of drug-likeness (QED) is 0.724. The van der Waals surface area contributed by atoms with Crippen LogP contribution in [-0.4, -0.2) is 47.1 Å². The fourth-order valence-corrected chi connectivity index (χ4v) is 2.08. The van der Waals surface area contributed by atoms with Crippen molar-refractivity contribution < 1.29 is 9.90 Å². The van der Waals surface area contributed by atoms with Crippen LogP contribution in [0.25, 0.3) is 0 Å². The summed E-state index contributed by atoms with van der Waals surface area (Å²) in [5.41, 5.74) is 6.45. The number of amides is 1. The average Bonchev–Trinajstić information content (AvgIpc) is 2.94. The van der Waals surface area contributed by atoms with Gasteiger partial charge in [0.15, 0.2) is 0 Å². The maximum Gasteiger partial charge on any atom is 0.272 e. The molecule has 1 fully saturated rings. The standard InChI is InChI=1S/C14H17N3O2/c15-6-1-2-11-3-4-13(16-8-11)14(19)17-7-5-12(9-17)10-18/h3-4,8,12,18H,5-7,9-10,15H2. The van der Waals surface area contributed by atoms with Gasteiger partial charge in [-0.2, -0.15) is 0 Å². The van der Waals surface area contributed by atoms with Crippen LogP contribution in [-0.2, 0) is 0 Å². The van der Waals surface area contributed by atoms with E-state index in [1.807, 2.05) is 0 Å². The number of aliphatic hydroxyl groups excluding tert-OH is 1. The summed E-state index contributed by atoms with van der Waals surface area (Å²) < 4.78 is 0. The molecule has 1 aliphatic rings. The Hall–Kier alpha value is -1.90. The van der Waals surface area contributed by atoms with E-state index < -0.39 is 0 Å². The number of nitrogens with two attached hydrogens (primary N) is 1. The lowest BCUT2D eigenvalue weighted by Gasteiger charge is -2.15. The molecule has 3 N–H and O–H groups in total. The van der Waals surface area contributed by atoms with Crippen LogP contribution < -0.4 is 5.73 Å². The summed E-state index contributed by atoms with van der Waals surface area (Å²) in [5, 5.41) is 9.08. The Kier molecular flexibility index (Phi) is 4.50. The molecule has 5 nitrogen and oxygen atoms in total. The van der Waals surface area contributed by atoms with Crippen molar-refractivity contribution >= 4 is 5.91 Å². The summed E-state index contributed by atoms with van der Waals surface area (Å²) in [6.45, 7) is 1.72. The number of likely N-dealkylation sites (tertiary alicyclic amines) is 1. The summed E-state index contributed by atoms with van der Waals surface area (Å²) in [7, 11) is 0. The van der Waals surface area contributed by atoms with E-state index in [9.17, 15) is 4.79 Å². The van der Waals surface area contributed by atoms with Gasteiger partial charge in [0.05, 0.1) is 6.54 Å². The van der Waals surface area contributed by atoms with Gasteiger partial charge in [0.1, 0.15) is 5.69 Å². The van der Waals surface area contributed by atoms with Crippen LogP contribution in [0.4, 0.5) is 0 Å². The number of nitrogens with zero attached hydrogens (tertiary/aromatic N) is 2. The van der Waals surface area contributed by atoms with Crippen molar-refractivity contribution in [1.29, 1.82) is 0 Å². The molecule has 0 radical (unpaired) electrons. The second-order valence-electron chi connectivity index (χ2n) is 4.53. The molecule has 1 atom stereocenters. The number of hydrogen-bond acceptors (Lipinski definition) is 4. The second kappa shape index (κ2) is 6.32. The van der Waals surface area contributed by atoms with E-state index >= 15 is 0 Å². The van der Waals surface area contributed by atoms with Gasteiger partial charge < -0.3 is 15.7 Å². The van der Waals surface area contributed by atoms with Gasteiger partial charge in [0.25, 0.3) is 5.91 Å². The van der Waals surface area contributed by atoms with Gasteiger partial charge in [0, 0.05) is 37.4 Å². The van der Waals surface area contributed by atoms with E-state index in [0.717, 1.165) is 12.0 Å². The third-order valence-electron chi connectivity index (χ3n) is 3.15. The molecule has 0 spiro atoms. The number of carbonyl (C=O) groups is 1. The first-order chi connectivity index (χ1) is 9.24. The molecule has 2 rings (SSSR count). The fraction of sp³-hybridized carbons (Fsp3) is 0.429. The van der Waals surface area contributed by atoms with Gasteiger partial charge in [-0.3, -0.25) is 4.79 Å². The van der Waals surface area contributed by atoms with Crippen LogP contribution in [0, 0.1) is 17.8 Å². The number of pyridine rings is 1. The predicted molar refractivity (Wildman–Crippen MR) is 71.3 cm³/mol. The maximum atomic E-state index is 12.2. The van der Waals surface area contributed by atoms with Crippen molar-refractivity contribution in [2.45, 2.75) is 6.42 Å². The summed E-state index contributed by atoms with van der Waals surface area (Å²) in [6.07, 6.45) is 2.43. The van der Waals surface area contributed by atoms with Crippen molar-refractivity contribution in [3.05, 3.63) is 29.6 Å². The molecule has 0 bridgehead atoms. The highest BCUT2D eigenvalue weighted by Gasteiger charge is 2.26. The molecular formula is C14H17N3O2. The minimum Gasteiger partial charge on any atom is -0.396 e. The van der Waals surface area contributed by atoms with E-state index in [1.54, 1.807) is 23.2 Å². The van der Waals surface area contributed by atoms with Gasteiger partial charge in [0.2, 0.25) is 0 Å². The zero-order valence-corrected chi connectivity index (χ0v) is 10.7. The molecule has 1 unspecified atom stereocenters. The van der Waals surface area contributed by atoms with Gasteiger partial charge in [-0.15, -0.1) is 0 Å². The van der Waals surface area contributed by atoms with E-state index in [1.165, 1.54) is 0 Å². The number of aliphatic hydroxyl groups is 1. The Labute approximate surface area is 112 Å². The fourth-order valence-electron chi connectivity index (χ4n) is 2.08. The molecule has 1 amide bonds. The van der Waals surface area contributed by atoms with Gasteiger partial charge in [-0.05, 0) is 18.6 Å². The Balaban J connectivity index is 2.04. The molecule has 0 aliphatic carbocycles. The second-order valence-corrected chi connectivity index (χ2v) is 4.53. The van der Waals surface area contributed by atoms with Crippen LogP contribution in [0.15, 0.2) is 18.3 Å². The highest BCUT2D eigenvalue weighted by atomic mass is 16.3. The highest BCUT2D eigenvalue weighted by molar-refractivity contribution is 5.92. The smallest absolute Gasteiger partial charge is 0.272 e. The SMILES string of the molecule is NCC#Cc1ccc(C(=O)N2CCC(CO)C2)nc1. The number of rotatable bonds is 2.